The quantitative estimate of drug-likeness (QED) is 0.663. The van der Waals surface area contributed by atoms with Gasteiger partial charge in [0.25, 0.3) is 17.5 Å². The number of nitro groups is 1. The number of hydrazine groups is 1. The molecule has 0 atom stereocenters. The Kier molecular flexibility index (Phi) is 4.87. The molecule has 0 aromatic heterocycles. The number of nitrogens with zero attached hydrogens (tertiary/aromatic N) is 1. The van der Waals surface area contributed by atoms with Crippen molar-refractivity contribution >= 4 is 29.1 Å². The zero-order valence-corrected chi connectivity index (χ0v) is 12.1. The number of hydrogen-bond donors (Lipinski definition) is 2. The molecule has 0 aliphatic rings. The van der Waals surface area contributed by atoms with Crippen molar-refractivity contribution in [1.29, 1.82) is 0 Å². The third-order valence-corrected chi connectivity index (χ3v) is 3.03. The van der Waals surface area contributed by atoms with Gasteiger partial charge in [-0.3, -0.25) is 30.6 Å². The van der Waals surface area contributed by atoms with Crippen LogP contribution in [0.5, 0.6) is 0 Å². The van der Waals surface area contributed by atoms with Gasteiger partial charge in [-0.05, 0) is 36.4 Å². The van der Waals surface area contributed by atoms with Crippen molar-refractivity contribution in [3.05, 3.63) is 74.5 Å². The molecule has 0 saturated heterocycles. The number of carbonyl (C=O) groups is 2. The molecule has 0 aliphatic heterocycles. The van der Waals surface area contributed by atoms with E-state index in [1.165, 1.54) is 18.2 Å². The minimum atomic E-state index is -0.908. The van der Waals surface area contributed by atoms with E-state index in [1.807, 2.05) is 5.43 Å². The van der Waals surface area contributed by atoms with Crippen molar-refractivity contribution in [2.75, 3.05) is 0 Å². The number of benzene rings is 2. The molecule has 0 unspecified atom stereocenters. The number of halogens is 2. The van der Waals surface area contributed by atoms with Crippen LogP contribution >= 0.6 is 11.6 Å². The number of rotatable bonds is 3. The van der Waals surface area contributed by atoms with Gasteiger partial charge in [-0.25, -0.2) is 4.39 Å². The van der Waals surface area contributed by atoms with Gasteiger partial charge >= 0.3 is 0 Å². The second-order valence-corrected chi connectivity index (χ2v) is 4.77. The monoisotopic (exact) mass is 337 g/mol. The van der Waals surface area contributed by atoms with Gasteiger partial charge in [0.1, 0.15) is 11.4 Å². The molecule has 23 heavy (non-hydrogen) atoms. The molecule has 118 valence electrons. The Morgan fingerprint density at radius 3 is 2.26 bits per heavy atom. The van der Waals surface area contributed by atoms with Crippen LogP contribution in [0.3, 0.4) is 0 Å². The second kappa shape index (κ2) is 6.84. The van der Waals surface area contributed by atoms with Gasteiger partial charge in [0, 0.05) is 16.7 Å². The van der Waals surface area contributed by atoms with Gasteiger partial charge in [-0.1, -0.05) is 11.6 Å². The highest BCUT2D eigenvalue weighted by atomic mass is 35.5. The molecule has 2 rings (SSSR count). The second-order valence-electron chi connectivity index (χ2n) is 4.33. The van der Waals surface area contributed by atoms with Crippen LogP contribution in [-0.4, -0.2) is 16.7 Å². The van der Waals surface area contributed by atoms with Crippen LogP contribution in [0.2, 0.25) is 5.02 Å². The third kappa shape index (κ3) is 4.01. The van der Waals surface area contributed by atoms with Crippen LogP contribution in [0.4, 0.5) is 10.1 Å². The standard InChI is InChI=1S/C14H9ClFN3O4/c15-9-3-6-12(19(22)23)11(7-9)14(21)18-17-13(20)8-1-4-10(16)5-2-8/h1-7H,(H,17,20)(H,18,21). The Morgan fingerprint density at radius 2 is 1.65 bits per heavy atom. The van der Waals surface area contributed by atoms with Gasteiger partial charge in [0.15, 0.2) is 0 Å². The van der Waals surface area contributed by atoms with Crippen LogP contribution in [0.15, 0.2) is 42.5 Å². The Hall–Kier alpha value is -3.00. The van der Waals surface area contributed by atoms with Crippen LogP contribution in [0.25, 0.3) is 0 Å². The van der Waals surface area contributed by atoms with Crippen molar-refractivity contribution < 1.29 is 18.9 Å². The molecular weight excluding hydrogens is 329 g/mol. The van der Waals surface area contributed by atoms with Gasteiger partial charge in [0.2, 0.25) is 0 Å². The molecule has 0 radical (unpaired) electrons. The topological polar surface area (TPSA) is 101 Å². The largest absolute Gasteiger partial charge is 0.282 e. The van der Waals surface area contributed by atoms with E-state index in [4.69, 9.17) is 11.6 Å². The van der Waals surface area contributed by atoms with E-state index in [1.54, 1.807) is 0 Å². The summed E-state index contributed by atoms with van der Waals surface area (Å²) in [6.45, 7) is 0. The van der Waals surface area contributed by atoms with Gasteiger partial charge in [-0.15, -0.1) is 0 Å². The lowest BCUT2D eigenvalue weighted by molar-refractivity contribution is -0.385. The molecule has 0 aliphatic carbocycles. The molecule has 2 amide bonds. The lowest BCUT2D eigenvalue weighted by atomic mass is 10.1. The average molecular weight is 338 g/mol. The van der Waals surface area contributed by atoms with Crippen LogP contribution < -0.4 is 10.9 Å². The SMILES string of the molecule is O=C(NNC(=O)c1cc(Cl)ccc1[N+](=O)[O-])c1ccc(F)cc1. The summed E-state index contributed by atoms with van der Waals surface area (Å²) in [6.07, 6.45) is 0. The zero-order valence-electron chi connectivity index (χ0n) is 11.4. The van der Waals surface area contributed by atoms with Crippen molar-refractivity contribution in [2.45, 2.75) is 0 Å². The molecule has 7 nitrogen and oxygen atoms in total. The Labute approximate surface area is 134 Å². The fraction of sp³-hybridized carbons (Fsp3) is 0. The molecule has 2 aromatic rings. The highest BCUT2D eigenvalue weighted by Gasteiger charge is 2.21. The normalized spacial score (nSPS) is 10.0. The summed E-state index contributed by atoms with van der Waals surface area (Å²) in [5.74, 6) is -2.13. The smallest absolute Gasteiger partial charge is 0.267 e. The number of carbonyl (C=O) groups excluding carboxylic acids is 2. The van der Waals surface area contributed by atoms with Crippen LogP contribution in [0, 0.1) is 15.9 Å². The molecular formula is C14H9ClFN3O4. The Balaban J connectivity index is 2.11. The van der Waals surface area contributed by atoms with E-state index in [0.717, 1.165) is 24.3 Å². The number of amides is 2. The lowest BCUT2D eigenvalue weighted by Gasteiger charge is -2.08. The summed E-state index contributed by atoms with van der Waals surface area (Å²) in [5, 5.41) is 11.0. The first-order valence-corrected chi connectivity index (χ1v) is 6.56. The maximum Gasteiger partial charge on any atom is 0.282 e. The summed E-state index contributed by atoms with van der Waals surface area (Å²) in [7, 11) is 0. The molecule has 0 spiro atoms. The number of nitrogens with one attached hydrogen (secondary N) is 2. The van der Waals surface area contributed by atoms with Gasteiger partial charge < -0.3 is 0 Å². The van der Waals surface area contributed by atoms with E-state index in [9.17, 15) is 24.1 Å². The molecule has 2 aromatic carbocycles. The Morgan fingerprint density at radius 1 is 1.04 bits per heavy atom. The first-order valence-electron chi connectivity index (χ1n) is 6.18. The molecule has 0 bridgehead atoms. The Bertz CT molecular complexity index is 780. The minimum Gasteiger partial charge on any atom is -0.267 e. The minimum absolute atomic E-state index is 0.104. The van der Waals surface area contributed by atoms with Crippen molar-refractivity contribution in [3.63, 3.8) is 0 Å². The predicted molar refractivity (Wildman–Crippen MR) is 79.4 cm³/mol. The molecule has 0 saturated carbocycles. The average Bonchev–Trinajstić information content (AvgIpc) is 2.52. The number of nitro benzene ring substituents is 1. The zero-order chi connectivity index (χ0) is 17.0. The van der Waals surface area contributed by atoms with Crippen LogP contribution in [0.1, 0.15) is 20.7 Å². The summed E-state index contributed by atoms with van der Waals surface area (Å²) in [6, 6.07) is 8.07. The van der Waals surface area contributed by atoms with Crippen molar-refractivity contribution in [3.8, 4) is 0 Å². The van der Waals surface area contributed by atoms with E-state index >= 15 is 0 Å². The highest BCUT2D eigenvalue weighted by Crippen LogP contribution is 2.22. The van der Waals surface area contributed by atoms with Gasteiger partial charge in [0.05, 0.1) is 4.92 Å². The fourth-order valence-electron chi connectivity index (χ4n) is 1.70. The maximum atomic E-state index is 12.8. The molecule has 0 fully saturated rings. The lowest BCUT2D eigenvalue weighted by Crippen LogP contribution is -2.41. The first kappa shape index (κ1) is 16.4. The number of hydrogen-bond acceptors (Lipinski definition) is 4. The summed E-state index contributed by atoms with van der Waals surface area (Å²) < 4.78 is 12.8. The predicted octanol–water partition coefficient (Wildman–Crippen LogP) is 2.46. The maximum absolute atomic E-state index is 12.8. The summed E-state index contributed by atoms with van der Waals surface area (Å²) in [4.78, 5) is 33.9. The summed E-state index contributed by atoms with van der Waals surface area (Å²) in [5.41, 5.74) is 3.46. The van der Waals surface area contributed by atoms with Gasteiger partial charge in [-0.2, -0.15) is 0 Å². The first-order chi connectivity index (χ1) is 10.9. The third-order valence-electron chi connectivity index (χ3n) is 2.80. The highest BCUT2D eigenvalue weighted by molar-refractivity contribution is 6.31. The van der Waals surface area contributed by atoms with Crippen molar-refractivity contribution in [1.82, 2.24) is 10.9 Å². The van der Waals surface area contributed by atoms with E-state index < -0.39 is 28.2 Å². The molecule has 0 heterocycles. The fourth-order valence-corrected chi connectivity index (χ4v) is 1.88. The van der Waals surface area contributed by atoms with Crippen LogP contribution in [-0.2, 0) is 0 Å². The van der Waals surface area contributed by atoms with E-state index in [0.29, 0.717) is 0 Å². The van der Waals surface area contributed by atoms with E-state index in [-0.39, 0.29) is 16.1 Å². The summed E-state index contributed by atoms with van der Waals surface area (Å²) >= 11 is 5.71. The molecule has 9 heteroatoms. The molecule has 2 N–H and O–H groups in total. The van der Waals surface area contributed by atoms with Crippen molar-refractivity contribution in [2.24, 2.45) is 0 Å². The van der Waals surface area contributed by atoms with E-state index in [2.05, 4.69) is 5.43 Å².